The minimum Gasteiger partial charge on any atom is -0.492 e. The van der Waals surface area contributed by atoms with Gasteiger partial charge in [0, 0.05) is 36.2 Å². The van der Waals surface area contributed by atoms with Gasteiger partial charge in [0.15, 0.2) is 0 Å². The van der Waals surface area contributed by atoms with Gasteiger partial charge >= 0.3 is 0 Å². The summed E-state index contributed by atoms with van der Waals surface area (Å²) in [7, 11) is 0. The molecule has 1 aliphatic carbocycles. The van der Waals surface area contributed by atoms with Crippen molar-refractivity contribution in [1.82, 2.24) is 10.2 Å². The van der Waals surface area contributed by atoms with Crippen molar-refractivity contribution < 1.29 is 4.74 Å². The zero-order valence-electron chi connectivity index (χ0n) is 12.7. The highest BCUT2D eigenvalue weighted by atomic mass is 79.9. The Morgan fingerprint density at radius 3 is 2.71 bits per heavy atom. The average Bonchev–Trinajstić information content (AvgIpc) is 3.34. The highest BCUT2D eigenvalue weighted by Gasteiger charge is 2.38. The van der Waals surface area contributed by atoms with E-state index in [1.54, 1.807) is 0 Å². The van der Waals surface area contributed by atoms with Crippen molar-refractivity contribution in [3.05, 3.63) is 28.7 Å². The third-order valence-electron chi connectivity index (χ3n) is 4.66. The third-order valence-corrected chi connectivity index (χ3v) is 5.19. The molecule has 0 radical (unpaired) electrons. The summed E-state index contributed by atoms with van der Waals surface area (Å²) in [5.41, 5.74) is 0. The van der Waals surface area contributed by atoms with E-state index in [0.717, 1.165) is 41.9 Å². The smallest absolute Gasteiger partial charge is 0.119 e. The van der Waals surface area contributed by atoms with Crippen molar-refractivity contribution in [2.45, 2.75) is 38.3 Å². The molecule has 2 atom stereocenters. The summed E-state index contributed by atoms with van der Waals surface area (Å²) in [4.78, 5) is 2.65. The van der Waals surface area contributed by atoms with Crippen LogP contribution >= 0.6 is 15.9 Å². The molecule has 1 heterocycles. The first kappa shape index (κ1) is 15.3. The summed E-state index contributed by atoms with van der Waals surface area (Å²) < 4.78 is 6.99. The van der Waals surface area contributed by atoms with E-state index in [2.05, 4.69) is 33.1 Å². The second kappa shape index (κ2) is 7.12. The zero-order valence-corrected chi connectivity index (χ0v) is 14.3. The largest absolute Gasteiger partial charge is 0.492 e. The maximum atomic E-state index is 5.90. The van der Waals surface area contributed by atoms with Crippen LogP contribution < -0.4 is 10.1 Å². The van der Waals surface area contributed by atoms with Gasteiger partial charge in [-0.2, -0.15) is 0 Å². The van der Waals surface area contributed by atoms with Crippen LogP contribution in [-0.4, -0.2) is 43.2 Å². The molecule has 1 saturated heterocycles. The lowest BCUT2D eigenvalue weighted by molar-refractivity contribution is 0.0952. The molecule has 4 heteroatoms. The zero-order chi connectivity index (χ0) is 14.7. The molecule has 1 aromatic rings. The molecule has 1 aliphatic heterocycles. The van der Waals surface area contributed by atoms with Crippen LogP contribution in [0.15, 0.2) is 28.7 Å². The number of halogens is 1. The average molecular weight is 353 g/mol. The van der Waals surface area contributed by atoms with E-state index in [1.165, 1.54) is 25.8 Å². The number of nitrogens with zero attached hydrogens (tertiary/aromatic N) is 1. The number of hydrogen-bond donors (Lipinski definition) is 1. The van der Waals surface area contributed by atoms with Crippen molar-refractivity contribution in [3.8, 4) is 5.75 Å². The Hall–Kier alpha value is -0.580. The lowest BCUT2D eigenvalue weighted by atomic mass is 10.0. The molecule has 1 aromatic carbocycles. The minimum absolute atomic E-state index is 0.646. The van der Waals surface area contributed by atoms with Gasteiger partial charge in [-0.3, -0.25) is 4.90 Å². The van der Waals surface area contributed by atoms with Crippen molar-refractivity contribution in [2.75, 3.05) is 26.2 Å². The second-order valence-corrected chi connectivity index (χ2v) is 7.13. The van der Waals surface area contributed by atoms with E-state index >= 15 is 0 Å². The Morgan fingerprint density at radius 2 is 2.05 bits per heavy atom. The summed E-state index contributed by atoms with van der Waals surface area (Å²) in [6.07, 6.45) is 4.03. The predicted molar refractivity (Wildman–Crippen MR) is 89.8 cm³/mol. The summed E-state index contributed by atoms with van der Waals surface area (Å²) in [6, 6.07) is 9.47. The molecule has 0 spiro atoms. The van der Waals surface area contributed by atoms with Crippen molar-refractivity contribution in [3.63, 3.8) is 0 Å². The minimum atomic E-state index is 0.646. The number of piperazine rings is 1. The first-order valence-electron chi connectivity index (χ1n) is 8.12. The maximum absolute atomic E-state index is 5.90. The van der Waals surface area contributed by atoms with Gasteiger partial charge in [0.25, 0.3) is 0 Å². The Balaban J connectivity index is 1.50. The maximum Gasteiger partial charge on any atom is 0.119 e. The molecule has 116 valence electrons. The van der Waals surface area contributed by atoms with Crippen LogP contribution in [0.3, 0.4) is 0 Å². The first-order chi connectivity index (χ1) is 10.3. The molecule has 3 nitrogen and oxygen atoms in total. The lowest BCUT2D eigenvalue weighted by Crippen LogP contribution is -2.57. The monoisotopic (exact) mass is 352 g/mol. The standard InChI is InChI=1S/C17H25BrN2O/c1-2-15-12-20(17(11-19-15)13-3-4-13)9-10-21-16-7-5-14(18)6-8-16/h5-8,13,15,17,19H,2-4,9-12H2,1H3. The summed E-state index contributed by atoms with van der Waals surface area (Å²) in [5, 5.41) is 3.70. The van der Waals surface area contributed by atoms with Gasteiger partial charge in [-0.15, -0.1) is 0 Å². The molecule has 2 aliphatic rings. The van der Waals surface area contributed by atoms with Gasteiger partial charge in [0.1, 0.15) is 12.4 Å². The fourth-order valence-corrected chi connectivity index (χ4v) is 3.45. The van der Waals surface area contributed by atoms with Gasteiger partial charge in [-0.1, -0.05) is 22.9 Å². The van der Waals surface area contributed by atoms with Crippen LogP contribution in [-0.2, 0) is 0 Å². The molecule has 0 bridgehead atoms. The molecule has 2 unspecified atom stereocenters. The Morgan fingerprint density at radius 1 is 1.29 bits per heavy atom. The van der Waals surface area contributed by atoms with Crippen LogP contribution in [0.4, 0.5) is 0 Å². The van der Waals surface area contributed by atoms with E-state index in [1.807, 2.05) is 24.3 Å². The molecular formula is C17H25BrN2O. The van der Waals surface area contributed by atoms with Gasteiger partial charge in [-0.05, 0) is 49.4 Å². The number of nitrogens with one attached hydrogen (secondary N) is 1. The van der Waals surface area contributed by atoms with Crippen LogP contribution in [0.5, 0.6) is 5.75 Å². The highest BCUT2D eigenvalue weighted by molar-refractivity contribution is 9.10. The first-order valence-corrected chi connectivity index (χ1v) is 8.91. The Labute approximate surface area is 136 Å². The SMILES string of the molecule is CCC1CN(CCOc2ccc(Br)cc2)C(C2CC2)CN1. The van der Waals surface area contributed by atoms with E-state index in [9.17, 15) is 0 Å². The van der Waals surface area contributed by atoms with Crippen molar-refractivity contribution in [2.24, 2.45) is 5.92 Å². The van der Waals surface area contributed by atoms with E-state index in [-0.39, 0.29) is 0 Å². The Bertz CT molecular complexity index is 447. The van der Waals surface area contributed by atoms with E-state index < -0.39 is 0 Å². The van der Waals surface area contributed by atoms with Crippen LogP contribution in [0.2, 0.25) is 0 Å². The third kappa shape index (κ3) is 4.21. The van der Waals surface area contributed by atoms with Crippen LogP contribution in [0.25, 0.3) is 0 Å². The fourth-order valence-electron chi connectivity index (χ4n) is 3.19. The molecule has 0 amide bonds. The van der Waals surface area contributed by atoms with Gasteiger partial charge in [0.05, 0.1) is 0 Å². The van der Waals surface area contributed by atoms with Crippen LogP contribution in [0.1, 0.15) is 26.2 Å². The van der Waals surface area contributed by atoms with Gasteiger partial charge in [0.2, 0.25) is 0 Å². The molecule has 1 N–H and O–H groups in total. The van der Waals surface area contributed by atoms with Gasteiger partial charge < -0.3 is 10.1 Å². The fraction of sp³-hybridized carbons (Fsp3) is 0.647. The van der Waals surface area contributed by atoms with E-state index in [0.29, 0.717) is 6.04 Å². The quantitative estimate of drug-likeness (QED) is 0.849. The normalized spacial score (nSPS) is 26.8. The number of rotatable bonds is 6. The molecule has 1 saturated carbocycles. The number of hydrogen-bond acceptors (Lipinski definition) is 3. The van der Waals surface area contributed by atoms with Crippen molar-refractivity contribution >= 4 is 15.9 Å². The molecule has 2 fully saturated rings. The molecule has 0 aromatic heterocycles. The summed E-state index contributed by atoms with van der Waals surface area (Å²) >= 11 is 3.45. The van der Waals surface area contributed by atoms with E-state index in [4.69, 9.17) is 4.74 Å². The molecule has 21 heavy (non-hydrogen) atoms. The number of benzene rings is 1. The highest BCUT2D eigenvalue weighted by Crippen LogP contribution is 2.36. The number of ether oxygens (including phenoxy) is 1. The van der Waals surface area contributed by atoms with Crippen molar-refractivity contribution in [1.29, 1.82) is 0 Å². The topological polar surface area (TPSA) is 24.5 Å². The molecule has 3 rings (SSSR count). The molecular weight excluding hydrogens is 328 g/mol. The predicted octanol–water partition coefficient (Wildman–Crippen LogP) is 3.29. The lowest BCUT2D eigenvalue weighted by Gasteiger charge is -2.40. The van der Waals surface area contributed by atoms with Gasteiger partial charge in [-0.25, -0.2) is 0 Å². The van der Waals surface area contributed by atoms with Crippen LogP contribution in [0, 0.1) is 5.92 Å². The Kier molecular flexibility index (Phi) is 5.19. The second-order valence-electron chi connectivity index (χ2n) is 6.22. The summed E-state index contributed by atoms with van der Waals surface area (Å²) in [6.45, 7) is 6.41. The summed E-state index contributed by atoms with van der Waals surface area (Å²) in [5.74, 6) is 1.88.